The van der Waals surface area contributed by atoms with Gasteiger partial charge in [0.05, 0.1) is 16.7 Å². The number of carbonyl (C=O) groups is 2. The van der Waals surface area contributed by atoms with Crippen LogP contribution < -0.4 is 0 Å². The Labute approximate surface area is 129 Å². The number of likely N-dealkylation sites (tertiary alicyclic amines) is 1. The fourth-order valence-corrected chi connectivity index (χ4v) is 3.77. The molecular weight excluding hydrogens is 319 g/mol. The fourth-order valence-electron chi connectivity index (χ4n) is 2.68. The molecule has 2 heterocycles. The largest absolute Gasteiger partial charge is 0.481 e. The van der Waals surface area contributed by atoms with Gasteiger partial charge in [-0.15, -0.1) is 11.3 Å². The summed E-state index contributed by atoms with van der Waals surface area (Å²) in [5, 5.41) is 8.97. The highest BCUT2D eigenvalue weighted by atomic mass is 32.1. The van der Waals surface area contributed by atoms with Crippen LogP contribution >= 0.6 is 11.3 Å². The topological polar surface area (TPSA) is 57.6 Å². The van der Waals surface area contributed by atoms with Crippen molar-refractivity contribution in [3.8, 4) is 0 Å². The smallest absolute Gasteiger partial charge is 0.394 e. The van der Waals surface area contributed by atoms with Crippen LogP contribution in [0.2, 0.25) is 0 Å². The first kappa shape index (κ1) is 16.8. The van der Waals surface area contributed by atoms with Gasteiger partial charge in [-0.25, -0.2) is 0 Å². The number of halogens is 3. The number of hydrogen-bond donors (Lipinski definition) is 1. The molecule has 1 amide bonds. The van der Waals surface area contributed by atoms with Crippen LogP contribution in [-0.2, 0) is 11.2 Å². The van der Waals surface area contributed by atoms with Crippen LogP contribution in [0.1, 0.15) is 27.0 Å². The summed E-state index contributed by atoms with van der Waals surface area (Å²) >= 11 is 1.25. The molecule has 2 atom stereocenters. The van der Waals surface area contributed by atoms with E-state index in [4.69, 9.17) is 5.11 Å². The molecule has 0 aliphatic carbocycles. The zero-order chi connectivity index (χ0) is 16.7. The van der Waals surface area contributed by atoms with E-state index in [-0.39, 0.29) is 0 Å². The predicted octanol–water partition coefficient (Wildman–Crippen LogP) is 2.95. The second-order valence-corrected chi connectivity index (χ2v) is 6.51. The fraction of sp³-hybridized carbons (Fsp3) is 0.571. The third-order valence-corrected chi connectivity index (χ3v) is 5.27. The lowest BCUT2D eigenvalue weighted by Gasteiger charge is -2.18. The molecule has 22 heavy (non-hydrogen) atoms. The van der Waals surface area contributed by atoms with Gasteiger partial charge < -0.3 is 10.0 Å². The molecule has 1 saturated heterocycles. The Morgan fingerprint density at radius 3 is 2.45 bits per heavy atom. The third-order valence-electron chi connectivity index (χ3n) is 3.90. The van der Waals surface area contributed by atoms with Crippen LogP contribution in [0.5, 0.6) is 0 Å². The van der Waals surface area contributed by atoms with Gasteiger partial charge in [0.15, 0.2) is 0 Å². The Kier molecular flexibility index (Phi) is 4.51. The third kappa shape index (κ3) is 3.11. The van der Waals surface area contributed by atoms with E-state index in [1.165, 1.54) is 11.3 Å². The molecule has 0 radical (unpaired) electrons. The van der Waals surface area contributed by atoms with Gasteiger partial charge in [0.25, 0.3) is 5.91 Å². The van der Waals surface area contributed by atoms with Crippen LogP contribution in [0.4, 0.5) is 13.2 Å². The van der Waals surface area contributed by atoms with Crippen LogP contribution in [0.15, 0.2) is 6.07 Å². The van der Waals surface area contributed by atoms with Gasteiger partial charge in [-0.1, -0.05) is 6.92 Å². The van der Waals surface area contributed by atoms with E-state index in [9.17, 15) is 22.8 Å². The molecule has 0 spiro atoms. The Morgan fingerprint density at radius 1 is 1.41 bits per heavy atom. The molecule has 0 saturated carbocycles. The zero-order valence-electron chi connectivity index (χ0n) is 12.1. The molecule has 0 bridgehead atoms. The van der Waals surface area contributed by atoms with Crippen molar-refractivity contribution in [2.24, 2.45) is 11.8 Å². The lowest BCUT2D eigenvalue weighted by atomic mass is 9.96. The normalized spacial score (nSPS) is 22.1. The van der Waals surface area contributed by atoms with Crippen molar-refractivity contribution in [2.45, 2.75) is 26.4 Å². The van der Waals surface area contributed by atoms with E-state index < -0.39 is 43.0 Å². The van der Waals surface area contributed by atoms with Gasteiger partial charge in [0, 0.05) is 18.0 Å². The number of hydrogen-bond acceptors (Lipinski definition) is 3. The molecule has 4 nitrogen and oxygen atoms in total. The van der Waals surface area contributed by atoms with Crippen molar-refractivity contribution >= 4 is 23.2 Å². The lowest BCUT2D eigenvalue weighted by molar-refractivity contribution is -0.187. The number of aliphatic carboxylic acids is 1. The van der Waals surface area contributed by atoms with Crippen LogP contribution in [-0.4, -0.2) is 41.1 Å². The van der Waals surface area contributed by atoms with Crippen molar-refractivity contribution in [2.75, 3.05) is 13.1 Å². The van der Waals surface area contributed by atoms with E-state index >= 15 is 0 Å². The summed E-state index contributed by atoms with van der Waals surface area (Å²) < 4.78 is 38.8. The van der Waals surface area contributed by atoms with Crippen LogP contribution in [0.25, 0.3) is 0 Å². The highest BCUT2D eigenvalue weighted by molar-refractivity contribution is 7.14. The van der Waals surface area contributed by atoms with Gasteiger partial charge in [-0.05, 0) is 25.0 Å². The maximum Gasteiger partial charge on any atom is 0.394 e. The standard InChI is InChI=1S/C14H16F3NO3S/c1-3-10-7(2)4-11(22-10)12(19)18-5-8(13(20)21)9(6-18)14(15,16)17/h4,8-9H,3,5-6H2,1-2H3,(H,20,21)/t8-,9-/m1/s1. The number of amides is 1. The Balaban J connectivity index is 2.22. The molecule has 1 aromatic heterocycles. The first-order valence-corrected chi connectivity index (χ1v) is 7.64. The number of carbonyl (C=O) groups excluding carboxylic acids is 1. The number of nitrogens with zero attached hydrogens (tertiary/aromatic N) is 1. The molecule has 1 N–H and O–H groups in total. The van der Waals surface area contributed by atoms with Crippen molar-refractivity contribution < 1.29 is 27.9 Å². The van der Waals surface area contributed by atoms with E-state index in [1.54, 1.807) is 6.07 Å². The molecule has 2 rings (SSSR count). The molecule has 1 aliphatic rings. The molecular formula is C14H16F3NO3S. The number of rotatable bonds is 3. The number of carboxylic acid groups (broad SMARTS) is 1. The highest BCUT2D eigenvalue weighted by Crippen LogP contribution is 2.38. The number of thiophene rings is 1. The molecule has 0 unspecified atom stereocenters. The Morgan fingerprint density at radius 2 is 2.05 bits per heavy atom. The van der Waals surface area contributed by atoms with Crippen molar-refractivity contribution in [3.63, 3.8) is 0 Å². The summed E-state index contributed by atoms with van der Waals surface area (Å²) in [7, 11) is 0. The summed E-state index contributed by atoms with van der Waals surface area (Å²) in [5.74, 6) is -5.66. The molecule has 0 aromatic carbocycles. The molecule has 1 aromatic rings. The van der Waals surface area contributed by atoms with Gasteiger partial charge in [0.1, 0.15) is 0 Å². The number of alkyl halides is 3. The SMILES string of the molecule is CCc1sc(C(=O)N2C[C@@H](C(F)(F)F)[C@H](C(=O)O)C2)cc1C. The molecule has 122 valence electrons. The van der Waals surface area contributed by atoms with Gasteiger partial charge in [-0.2, -0.15) is 13.2 Å². The lowest BCUT2D eigenvalue weighted by Crippen LogP contribution is -2.34. The van der Waals surface area contributed by atoms with Gasteiger partial charge in [-0.3, -0.25) is 9.59 Å². The summed E-state index contributed by atoms with van der Waals surface area (Å²) in [5.41, 5.74) is 0.928. The summed E-state index contributed by atoms with van der Waals surface area (Å²) in [6.07, 6.45) is -3.88. The number of aryl methyl sites for hydroxylation is 2. The van der Waals surface area contributed by atoms with E-state index in [0.29, 0.717) is 4.88 Å². The van der Waals surface area contributed by atoms with Crippen LogP contribution in [0.3, 0.4) is 0 Å². The minimum absolute atomic E-state index is 0.362. The monoisotopic (exact) mass is 335 g/mol. The summed E-state index contributed by atoms with van der Waals surface area (Å²) in [6.45, 7) is 2.77. The molecule has 1 fully saturated rings. The van der Waals surface area contributed by atoms with E-state index in [2.05, 4.69) is 0 Å². The zero-order valence-corrected chi connectivity index (χ0v) is 12.9. The van der Waals surface area contributed by atoms with E-state index in [1.807, 2.05) is 13.8 Å². The molecule has 8 heteroatoms. The quantitative estimate of drug-likeness (QED) is 0.924. The van der Waals surface area contributed by atoms with Crippen molar-refractivity contribution in [1.82, 2.24) is 4.90 Å². The average molecular weight is 335 g/mol. The van der Waals surface area contributed by atoms with Gasteiger partial charge in [0.2, 0.25) is 0 Å². The Hall–Kier alpha value is -1.57. The minimum Gasteiger partial charge on any atom is -0.481 e. The maximum absolute atomic E-state index is 12.9. The predicted molar refractivity (Wildman–Crippen MR) is 75.0 cm³/mol. The highest BCUT2D eigenvalue weighted by Gasteiger charge is 2.53. The second-order valence-electron chi connectivity index (χ2n) is 5.37. The summed E-state index contributed by atoms with van der Waals surface area (Å²) in [4.78, 5) is 25.7. The van der Waals surface area contributed by atoms with Gasteiger partial charge >= 0.3 is 12.1 Å². The second kappa shape index (κ2) is 5.91. The van der Waals surface area contributed by atoms with Crippen LogP contribution in [0, 0.1) is 18.8 Å². The van der Waals surface area contributed by atoms with Crippen molar-refractivity contribution in [1.29, 1.82) is 0 Å². The van der Waals surface area contributed by atoms with Crippen molar-refractivity contribution in [3.05, 3.63) is 21.4 Å². The average Bonchev–Trinajstić information content (AvgIpc) is 3.00. The Bertz CT molecular complexity index is 597. The maximum atomic E-state index is 12.9. The minimum atomic E-state index is -4.63. The first-order chi connectivity index (χ1) is 10.1. The number of carboxylic acids is 1. The summed E-state index contributed by atoms with van der Waals surface area (Å²) in [6, 6.07) is 1.66. The molecule has 1 aliphatic heterocycles. The van der Waals surface area contributed by atoms with E-state index in [0.717, 1.165) is 21.8 Å². The first-order valence-electron chi connectivity index (χ1n) is 6.83.